The third-order valence-corrected chi connectivity index (χ3v) is 2.58. The minimum Gasteiger partial charge on any atom is -0.325 e. The minimum atomic E-state index is -0.102. The molecule has 0 aromatic heterocycles. The number of nitrogens with one attached hydrogen (secondary N) is 1. The van der Waals surface area contributed by atoms with E-state index in [1.807, 2.05) is 56.1 Å². The molecule has 0 heterocycles. The van der Waals surface area contributed by atoms with E-state index in [1.165, 1.54) is 0 Å². The second-order valence-electron chi connectivity index (χ2n) is 3.60. The molecular weight excluding hydrogens is 188 g/mol. The Morgan fingerprint density at radius 2 is 2.00 bits per heavy atom. The van der Waals surface area contributed by atoms with Gasteiger partial charge in [-0.25, -0.2) is 0 Å². The highest BCUT2D eigenvalue weighted by atomic mass is 16.2. The minimum absolute atomic E-state index is 0.0329. The lowest BCUT2D eigenvalue weighted by Gasteiger charge is -2.21. The van der Waals surface area contributed by atoms with Gasteiger partial charge in [0, 0.05) is 5.69 Å². The van der Waals surface area contributed by atoms with E-state index < -0.39 is 0 Å². The highest BCUT2D eigenvalue weighted by Crippen LogP contribution is 2.06. The van der Waals surface area contributed by atoms with Crippen LogP contribution in [0.5, 0.6) is 0 Å². The van der Waals surface area contributed by atoms with Crippen LogP contribution in [0, 0.1) is 0 Å². The van der Waals surface area contributed by atoms with Crippen LogP contribution >= 0.6 is 0 Å². The normalized spacial score (nSPS) is 12.5. The molecule has 3 nitrogen and oxygen atoms in total. The molecule has 0 spiro atoms. The molecule has 15 heavy (non-hydrogen) atoms. The Balaban J connectivity index is 2.56. The first kappa shape index (κ1) is 11.7. The third-order valence-electron chi connectivity index (χ3n) is 2.58. The van der Waals surface area contributed by atoms with E-state index in [1.54, 1.807) is 0 Å². The molecule has 0 aliphatic rings. The lowest BCUT2D eigenvalue weighted by molar-refractivity contribution is -0.120. The Hall–Kier alpha value is -1.35. The van der Waals surface area contributed by atoms with Gasteiger partial charge in [0.2, 0.25) is 5.91 Å². The van der Waals surface area contributed by atoms with E-state index >= 15 is 0 Å². The van der Waals surface area contributed by atoms with Crippen molar-refractivity contribution in [3.63, 3.8) is 0 Å². The van der Waals surface area contributed by atoms with Gasteiger partial charge in [0.15, 0.2) is 0 Å². The summed E-state index contributed by atoms with van der Waals surface area (Å²) in [6.45, 7) is 4.80. The van der Waals surface area contributed by atoms with Crippen LogP contribution in [0.4, 0.5) is 5.69 Å². The molecule has 0 aliphatic carbocycles. The highest BCUT2D eigenvalue weighted by molar-refractivity contribution is 5.94. The molecule has 0 aliphatic heterocycles. The number of carbonyl (C=O) groups excluding carboxylic acids is 1. The van der Waals surface area contributed by atoms with Crippen molar-refractivity contribution in [2.24, 2.45) is 0 Å². The highest BCUT2D eigenvalue weighted by Gasteiger charge is 2.16. The van der Waals surface area contributed by atoms with Crippen LogP contribution < -0.4 is 5.32 Å². The van der Waals surface area contributed by atoms with E-state index in [9.17, 15) is 4.79 Å². The number of carbonyl (C=O) groups is 1. The number of para-hydroxylation sites is 1. The first-order valence-corrected chi connectivity index (χ1v) is 5.21. The molecule has 1 amide bonds. The van der Waals surface area contributed by atoms with Gasteiger partial charge in [-0.3, -0.25) is 9.69 Å². The second kappa shape index (κ2) is 5.51. The molecule has 1 rings (SSSR count). The van der Waals surface area contributed by atoms with Crippen molar-refractivity contribution < 1.29 is 4.79 Å². The molecule has 82 valence electrons. The Morgan fingerprint density at radius 1 is 1.40 bits per heavy atom. The molecule has 0 saturated heterocycles. The monoisotopic (exact) mass is 206 g/mol. The smallest absolute Gasteiger partial charge is 0.241 e. The summed E-state index contributed by atoms with van der Waals surface area (Å²) in [6, 6.07) is 9.41. The van der Waals surface area contributed by atoms with Crippen molar-refractivity contribution in [3.8, 4) is 0 Å². The number of hydrogen-bond acceptors (Lipinski definition) is 2. The van der Waals surface area contributed by atoms with Crippen LogP contribution in [-0.2, 0) is 4.79 Å². The summed E-state index contributed by atoms with van der Waals surface area (Å²) in [5, 5.41) is 2.88. The molecular formula is C12H18N2O. The first-order chi connectivity index (χ1) is 7.15. The largest absolute Gasteiger partial charge is 0.325 e. The Kier molecular flexibility index (Phi) is 4.31. The fourth-order valence-electron chi connectivity index (χ4n) is 1.24. The lowest BCUT2D eigenvalue weighted by Crippen LogP contribution is -2.39. The van der Waals surface area contributed by atoms with Gasteiger partial charge in [0.05, 0.1) is 6.04 Å². The maximum absolute atomic E-state index is 11.8. The van der Waals surface area contributed by atoms with Crippen LogP contribution in [0.2, 0.25) is 0 Å². The average molecular weight is 206 g/mol. The molecule has 0 radical (unpaired) electrons. The molecule has 1 atom stereocenters. The number of amides is 1. The summed E-state index contributed by atoms with van der Waals surface area (Å²) >= 11 is 0. The van der Waals surface area contributed by atoms with Gasteiger partial charge >= 0.3 is 0 Å². The van der Waals surface area contributed by atoms with Crippen molar-refractivity contribution in [1.29, 1.82) is 0 Å². The molecule has 1 N–H and O–H groups in total. The number of benzene rings is 1. The SMILES string of the molecule is CCN(C)C(C)C(=O)Nc1ccccc1. The summed E-state index contributed by atoms with van der Waals surface area (Å²) in [5.74, 6) is 0.0329. The number of likely N-dealkylation sites (N-methyl/N-ethyl adjacent to an activating group) is 1. The first-order valence-electron chi connectivity index (χ1n) is 5.21. The van der Waals surface area contributed by atoms with Gasteiger partial charge < -0.3 is 5.32 Å². The van der Waals surface area contributed by atoms with E-state index in [2.05, 4.69) is 5.32 Å². The van der Waals surface area contributed by atoms with Crippen LogP contribution in [0.1, 0.15) is 13.8 Å². The van der Waals surface area contributed by atoms with Crippen LogP contribution in [-0.4, -0.2) is 30.4 Å². The molecule has 0 fully saturated rings. The summed E-state index contributed by atoms with van der Waals surface area (Å²) in [7, 11) is 1.94. The van der Waals surface area contributed by atoms with Gasteiger partial charge in [0.25, 0.3) is 0 Å². The summed E-state index contributed by atoms with van der Waals surface area (Å²) in [4.78, 5) is 13.8. The summed E-state index contributed by atoms with van der Waals surface area (Å²) in [5.41, 5.74) is 0.846. The maximum atomic E-state index is 11.8. The molecule has 0 saturated carbocycles. The third kappa shape index (κ3) is 3.36. The summed E-state index contributed by atoms with van der Waals surface area (Å²) < 4.78 is 0. The second-order valence-corrected chi connectivity index (χ2v) is 3.60. The van der Waals surface area contributed by atoms with Crippen LogP contribution in [0.25, 0.3) is 0 Å². The van der Waals surface area contributed by atoms with Crippen molar-refractivity contribution >= 4 is 11.6 Å². The summed E-state index contributed by atoms with van der Waals surface area (Å²) in [6.07, 6.45) is 0. The van der Waals surface area contributed by atoms with Gasteiger partial charge in [-0.1, -0.05) is 25.1 Å². The Labute approximate surface area is 91.1 Å². The molecule has 1 unspecified atom stereocenters. The van der Waals surface area contributed by atoms with Crippen molar-refractivity contribution in [1.82, 2.24) is 4.90 Å². The zero-order valence-electron chi connectivity index (χ0n) is 9.53. The predicted molar refractivity (Wildman–Crippen MR) is 62.8 cm³/mol. The van der Waals surface area contributed by atoms with Crippen molar-refractivity contribution in [3.05, 3.63) is 30.3 Å². The number of hydrogen-bond donors (Lipinski definition) is 1. The van der Waals surface area contributed by atoms with Gasteiger partial charge in [-0.05, 0) is 32.6 Å². The Morgan fingerprint density at radius 3 is 2.53 bits per heavy atom. The van der Waals surface area contributed by atoms with Crippen molar-refractivity contribution in [2.45, 2.75) is 19.9 Å². The van der Waals surface area contributed by atoms with Crippen LogP contribution in [0.15, 0.2) is 30.3 Å². The Bertz CT molecular complexity index is 311. The van der Waals surface area contributed by atoms with E-state index in [0.29, 0.717) is 0 Å². The predicted octanol–water partition coefficient (Wildman–Crippen LogP) is 1.97. The average Bonchev–Trinajstić information content (AvgIpc) is 2.28. The van der Waals surface area contributed by atoms with Crippen LogP contribution in [0.3, 0.4) is 0 Å². The molecule has 3 heteroatoms. The number of nitrogens with zero attached hydrogens (tertiary/aromatic N) is 1. The number of rotatable bonds is 4. The quantitative estimate of drug-likeness (QED) is 0.816. The molecule has 0 bridgehead atoms. The molecule has 1 aromatic carbocycles. The van der Waals surface area contributed by atoms with Crippen molar-refractivity contribution in [2.75, 3.05) is 18.9 Å². The fourth-order valence-corrected chi connectivity index (χ4v) is 1.24. The molecule has 1 aromatic rings. The fraction of sp³-hybridized carbons (Fsp3) is 0.417. The topological polar surface area (TPSA) is 32.3 Å². The van der Waals surface area contributed by atoms with E-state index in [0.717, 1.165) is 12.2 Å². The van der Waals surface area contributed by atoms with Gasteiger partial charge in [-0.15, -0.1) is 0 Å². The standard InChI is InChI=1S/C12H18N2O/c1-4-14(3)10(2)12(15)13-11-8-6-5-7-9-11/h5-10H,4H2,1-3H3,(H,13,15). The van der Waals surface area contributed by atoms with Gasteiger partial charge in [0.1, 0.15) is 0 Å². The zero-order chi connectivity index (χ0) is 11.3. The lowest BCUT2D eigenvalue weighted by atomic mass is 10.2. The zero-order valence-corrected chi connectivity index (χ0v) is 9.53. The van der Waals surface area contributed by atoms with E-state index in [4.69, 9.17) is 0 Å². The van der Waals surface area contributed by atoms with E-state index in [-0.39, 0.29) is 11.9 Å². The number of anilines is 1. The van der Waals surface area contributed by atoms with Gasteiger partial charge in [-0.2, -0.15) is 0 Å². The maximum Gasteiger partial charge on any atom is 0.241 e.